The van der Waals surface area contributed by atoms with Gasteiger partial charge in [-0.1, -0.05) is 12.1 Å². The fraction of sp³-hybridized carbons (Fsp3) is 0.182. The summed E-state index contributed by atoms with van der Waals surface area (Å²) < 4.78 is 22.5. The van der Waals surface area contributed by atoms with E-state index in [0.29, 0.717) is 45.1 Å². The van der Waals surface area contributed by atoms with Gasteiger partial charge in [0.05, 0.1) is 16.7 Å². The highest BCUT2D eigenvalue weighted by Crippen LogP contribution is 2.47. The van der Waals surface area contributed by atoms with E-state index in [9.17, 15) is 10.1 Å². The summed E-state index contributed by atoms with van der Waals surface area (Å²) in [5.74, 6) is 2.20. The van der Waals surface area contributed by atoms with Crippen LogP contribution in [0.3, 0.4) is 0 Å². The Morgan fingerprint density at radius 2 is 1.83 bits per heavy atom. The molecule has 0 aliphatic carbocycles. The summed E-state index contributed by atoms with van der Waals surface area (Å²) in [6.45, 7) is 3.66. The molecule has 7 heteroatoms. The predicted octanol–water partition coefficient (Wildman–Crippen LogP) is 3.36. The molecule has 144 valence electrons. The Morgan fingerprint density at radius 3 is 2.62 bits per heavy atom. The molecular weight excluding hydrogens is 372 g/mol. The number of aryl methyl sites for hydroxylation is 2. The van der Waals surface area contributed by atoms with E-state index in [1.165, 1.54) is 6.07 Å². The lowest BCUT2D eigenvalue weighted by atomic mass is 9.83. The van der Waals surface area contributed by atoms with Crippen LogP contribution in [0.2, 0.25) is 0 Å². The third-order valence-electron chi connectivity index (χ3n) is 5.34. The zero-order valence-electron chi connectivity index (χ0n) is 15.7. The Bertz CT molecular complexity index is 1330. The Morgan fingerprint density at radius 1 is 1.07 bits per heavy atom. The SMILES string of the molecule is Cc1oc(C)c2c(=O)ccc3c(c12)OC(N)=C(C#N)[C@H]3c1ccc2c(c1)OCO2. The van der Waals surface area contributed by atoms with Gasteiger partial charge >= 0.3 is 0 Å². The number of rotatable bonds is 1. The maximum absolute atomic E-state index is 12.7. The van der Waals surface area contributed by atoms with Crippen molar-refractivity contribution < 1.29 is 18.6 Å². The molecule has 2 aromatic carbocycles. The summed E-state index contributed by atoms with van der Waals surface area (Å²) in [5, 5.41) is 10.8. The number of nitriles is 1. The second-order valence-electron chi connectivity index (χ2n) is 6.98. The molecule has 0 spiro atoms. The summed E-state index contributed by atoms with van der Waals surface area (Å²) in [7, 11) is 0. The van der Waals surface area contributed by atoms with E-state index >= 15 is 0 Å². The highest BCUT2D eigenvalue weighted by atomic mass is 16.7. The minimum atomic E-state index is -0.525. The third-order valence-corrected chi connectivity index (χ3v) is 5.34. The van der Waals surface area contributed by atoms with Gasteiger partial charge < -0.3 is 24.4 Å². The average Bonchev–Trinajstić information content (AvgIpc) is 3.24. The van der Waals surface area contributed by atoms with Crippen LogP contribution < -0.4 is 25.4 Å². The maximum Gasteiger partial charge on any atom is 0.231 e. The van der Waals surface area contributed by atoms with Crippen LogP contribution in [0, 0.1) is 25.2 Å². The largest absolute Gasteiger partial charge is 0.465 e. The topological polar surface area (TPSA) is 108 Å². The molecule has 0 fully saturated rings. The van der Waals surface area contributed by atoms with Crippen molar-refractivity contribution in [3.8, 4) is 23.3 Å². The molecule has 0 saturated carbocycles. The molecule has 0 saturated heterocycles. The molecule has 7 nitrogen and oxygen atoms in total. The number of nitrogens with zero attached hydrogens (tertiary/aromatic N) is 1. The molecule has 2 N–H and O–H groups in total. The van der Waals surface area contributed by atoms with Gasteiger partial charge in [-0.05, 0) is 37.6 Å². The first-order valence-electron chi connectivity index (χ1n) is 9.03. The zero-order chi connectivity index (χ0) is 20.3. The highest BCUT2D eigenvalue weighted by Gasteiger charge is 2.33. The summed E-state index contributed by atoms with van der Waals surface area (Å²) in [5.41, 5.74) is 7.66. The molecule has 1 aromatic heterocycles. The maximum atomic E-state index is 12.7. The van der Waals surface area contributed by atoms with Crippen LogP contribution >= 0.6 is 0 Å². The van der Waals surface area contributed by atoms with Crippen molar-refractivity contribution in [2.24, 2.45) is 5.73 Å². The van der Waals surface area contributed by atoms with Gasteiger partial charge in [0.15, 0.2) is 16.9 Å². The van der Waals surface area contributed by atoms with Gasteiger partial charge in [0, 0.05) is 5.56 Å². The number of furan rings is 1. The van der Waals surface area contributed by atoms with Gasteiger partial charge in [-0.2, -0.15) is 5.26 Å². The van der Waals surface area contributed by atoms with Crippen LogP contribution in [0.15, 0.2) is 51.0 Å². The molecule has 5 rings (SSSR count). The molecular formula is C22H16N2O5. The first-order chi connectivity index (χ1) is 14.0. The summed E-state index contributed by atoms with van der Waals surface area (Å²) in [6.07, 6.45) is 0. The van der Waals surface area contributed by atoms with Gasteiger partial charge in [0.2, 0.25) is 12.7 Å². The van der Waals surface area contributed by atoms with Crippen LogP contribution in [0.5, 0.6) is 17.2 Å². The molecule has 3 heterocycles. The smallest absolute Gasteiger partial charge is 0.231 e. The number of fused-ring (bicyclic) bond motifs is 4. The Balaban J connectivity index is 1.86. The number of ether oxygens (including phenoxy) is 3. The van der Waals surface area contributed by atoms with Crippen molar-refractivity contribution in [1.29, 1.82) is 5.26 Å². The van der Waals surface area contributed by atoms with E-state index in [-0.39, 0.29) is 23.7 Å². The minimum absolute atomic E-state index is 0.000805. The van der Waals surface area contributed by atoms with E-state index < -0.39 is 5.92 Å². The molecule has 29 heavy (non-hydrogen) atoms. The van der Waals surface area contributed by atoms with Crippen LogP contribution in [-0.4, -0.2) is 6.79 Å². The van der Waals surface area contributed by atoms with Crippen molar-refractivity contribution in [3.63, 3.8) is 0 Å². The van der Waals surface area contributed by atoms with Crippen molar-refractivity contribution >= 4 is 10.8 Å². The third kappa shape index (κ3) is 2.39. The molecule has 3 aromatic rings. The monoisotopic (exact) mass is 388 g/mol. The Hall–Kier alpha value is -3.92. The first-order valence-corrected chi connectivity index (χ1v) is 9.03. The average molecular weight is 388 g/mol. The second-order valence-corrected chi connectivity index (χ2v) is 6.98. The van der Waals surface area contributed by atoms with Crippen LogP contribution in [-0.2, 0) is 0 Å². The van der Waals surface area contributed by atoms with Crippen molar-refractivity contribution in [3.05, 3.63) is 74.7 Å². The van der Waals surface area contributed by atoms with Gasteiger partial charge in [-0.25, -0.2) is 0 Å². The highest BCUT2D eigenvalue weighted by molar-refractivity contribution is 5.93. The van der Waals surface area contributed by atoms with Gasteiger partial charge in [-0.3, -0.25) is 4.79 Å². The van der Waals surface area contributed by atoms with E-state index in [0.717, 1.165) is 5.56 Å². The molecule has 2 aliphatic rings. The fourth-order valence-electron chi connectivity index (χ4n) is 4.08. The lowest BCUT2D eigenvalue weighted by molar-refractivity contribution is 0.174. The second kappa shape index (κ2) is 6.04. The van der Waals surface area contributed by atoms with Crippen molar-refractivity contribution in [2.75, 3.05) is 6.79 Å². The molecule has 2 aliphatic heterocycles. The van der Waals surface area contributed by atoms with E-state index in [1.54, 1.807) is 26.0 Å². The Labute approximate surface area is 165 Å². The standard InChI is InChI=1S/C22H16N2O5/c1-10-18-15(25)5-4-13-20(12-3-6-16-17(7-12)27-9-26-16)14(8-23)22(24)29-21(13)19(18)11(2)28-10/h3-7,20H,9,24H2,1-2H3/t20-/m0/s1. The van der Waals surface area contributed by atoms with Gasteiger partial charge in [-0.15, -0.1) is 0 Å². The van der Waals surface area contributed by atoms with Crippen LogP contribution in [0.1, 0.15) is 28.6 Å². The molecule has 0 unspecified atom stereocenters. The molecule has 1 atom stereocenters. The fourth-order valence-corrected chi connectivity index (χ4v) is 4.08. The lowest BCUT2D eigenvalue weighted by Crippen LogP contribution is -2.20. The summed E-state index contributed by atoms with van der Waals surface area (Å²) >= 11 is 0. The zero-order valence-corrected chi connectivity index (χ0v) is 15.7. The quantitative estimate of drug-likeness (QED) is 0.681. The van der Waals surface area contributed by atoms with Crippen molar-refractivity contribution in [1.82, 2.24) is 0 Å². The number of allylic oxidation sites excluding steroid dienone is 1. The normalized spacial score (nSPS) is 17.1. The summed E-state index contributed by atoms with van der Waals surface area (Å²) in [6, 6.07) is 10.8. The lowest BCUT2D eigenvalue weighted by Gasteiger charge is -2.26. The van der Waals surface area contributed by atoms with Crippen LogP contribution in [0.4, 0.5) is 0 Å². The van der Waals surface area contributed by atoms with Crippen molar-refractivity contribution in [2.45, 2.75) is 19.8 Å². The first kappa shape index (κ1) is 17.2. The van der Waals surface area contributed by atoms with Gasteiger partial charge in [0.25, 0.3) is 0 Å². The summed E-state index contributed by atoms with van der Waals surface area (Å²) in [4.78, 5) is 12.7. The minimum Gasteiger partial charge on any atom is -0.465 e. The van der Waals surface area contributed by atoms with Crippen LogP contribution in [0.25, 0.3) is 10.8 Å². The van der Waals surface area contributed by atoms with Gasteiger partial charge in [0.1, 0.15) is 28.9 Å². The van der Waals surface area contributed by atoms with E-state index in [4.69, 9.17) is 24.4 Å². The van der Waals surface area contributed by atoms with E-state index in [2.05, 4.69) is 6.07 Å². The number of hydrogen-bond acceptors (Lipinski definition) is 7. The number of hydrogen-bond donors (Lipinski definition) is 1. The molecule has 0 amide bonds. The Kier molecular flexibility index (Phi) is 3.58. The van der Waals surface area contributed by atoms with E-state index in [1.807, 2.05) is 12.1 Å². The molecule has 0 radical (unpaired) electrons. The predicted molar refractivity (Wildman–Crippen MR) is 104 cm³/mol. The number of benzene rings is 1. The molecule has 0 bridgehead atoms. The number of nitrogens with two attached hydrogens (primary N) is 1.